The number of aromatic nitrogens is 5. The average molecular weight is 404 g/mol. The lowest BCUT2D eigenvalue weighted by atomic mass is 10.2. The Morgan fingerprint density at radius 3 is 2.34 bits per heavy atom. The molecule has 29 heavy (non-hydrogen) atoms. The second-order valence-electron chi connectivity index (χ2n) is 6.90. The number of methoxy groups -OCH3 is 1. The third kappa shape index (κ3) is 2.76. The lowest BCUT2D eigenvalue weighted by Gasteiger charge is -2.08. The van der Waals surface area contributed by atoms with Crippen LogP contribution in [0.25, 0.3) is 33.8 Å². The van der Waals surface area contributed by atoms with Gasteiger partial charge in [0.05, 0.1) is 12.5 Å². The predicted molar refractivity (Wildman–Crippen MR) is 114 cm³/mol. The fourth-order valence-electron chi connectivity index (χ4n) is 3.63. The summed E-state index contributed by atoms with van der Waals surface area (Å²) in [4.78, 5) is 9.51. The van der Waals surface area contributed by atoms with Crippen molar-refractivity contribution in [2.24, 2.45) is 0 Å². The number of benzene rings is 2. The normalized spacial score (nSPS) is 11.4. The molecule has 0 aliphatic rings. The van der Waals surface area contributed by atoms with Crippen LogP contribution in [0.2, 0.25) is 5.02 Å². The number of hydrogen-bond acceptors (Lipinski definition) is 4. The fourth-order valence-corrected chi connectivity index (χ4v) is 3.76. The fraction of sp³-hybridized carbons (Fsp3) is 0.136. The Balaban J connectivity index is 1.74. The molecule has 0 N–H and O–H groups in total. The first-order chi connectivity index (χ1) is 14.1. The molecule has 7 heteroatoms. The van der Waals surface area contributed by atoms with Crippen LogP contribution in [0, 0.1) is 13.8 Å². The van der Waals surface area contributed by atoms with E-state index < -0.39 is 0 Å². The zero-order valence-corrected chi connectivity index (χ0v) is 17.0. The van der Waals surface area contributed by atoms with Gasteiger partial charge in [0.1, 0.15) is 12.1 Å². The third-order valence-electron chi connectivity index (χ3n) is 5.27. The highest BCUT2D eigenvalue weighted by molar-refractivity contribution is 6.30. The van der Waals surface area contributed by atoms with Crippen molar-refractivity contribution in [3.05, 3.63) is 71.1 Å². The predicted octanol–water partition coefficient (Wildman–Crippen LogP) is 5.01. The maximum atomic E-state index is 6.01. The smallest absolute Gasteiger partial charge is 0.182 e. The van der Waals surface area contributed by atoms with Crippen LogP contribution in [0.15, 0.2) is 54.9 Å². The van der Waals surface area contributed by atoms with E-state index in [0.29, 0.717) is 10.8 Å². The van der Waals surface area contributed by atoms with E-state index in [1.165, 1.54) is 0 Å². The summed E-state index contributed by atoms with van der Waals surface area (Å²) in [5.74, 6) is 1.46. The van der Waals surface area contributed by atoms with Crippen molar-refractivity contribution >= 4 is 28.3 Å². The van der Waals surface area contributed by atoms with Gasteiger partial charge in [0.2, 0.25) is 0 Å². The minimum absolute atomic E-state index is 0.644. The Morgan fingerprint density at radius 2 is 1.66 bits per heavy atom. The van der Waals surface area contributed by atoms with Crippen LogP contribution in [0.5, 0.6) is 5.75 Å². The van der Waals surface area contributed by atoms with Crippen LogP contribution in [-0.4, -0.2) is 31.3 Å². The molecule has 3 heterocycles. The van der Waals surface area contributed by atoms with E-state index in [1.54, 1.807) is 18.0 Å². The summed E-state index contributed by atoms with van der Waals surface area (Å²) in [6.07, 6.45) is 1.71. The molecule has 0 amide bonds. The molecule has 0 saturated carbocycles. The van der Waals surface area contributed by atoms with Crippen molar-refractivity contribution in [2.45, 2.75) is 13.8 Å². The molecule has 0 atom stereocenters. The van der Waals surface area contributed by atoms with Gasteiger partial charge in [-0.2, -0.15) is 0 Å². The zero-order valence-electron chi connectivity index (χ0n) is 16.2. The van der Waals surface area contributed by atoms with Crippen LogP contribution in [0.1, 0.15) is 11.3 Å². The van der Waals surface area contributed by atoms with Gasteiger partial charge >= 0.3 is 0 Å². The van der Waals surface area contributed by atoms with Gasteiger partial charge < -0.3 is 4.74 Å². The molecule has 0 fully saturated rings. The summed E-state index contributed by atoms with van der Waals surface area (Å²) in [7, 11) is 1.66. The van der Waals surface area contributed by atoms with Crippen molar-refractivity contribution < 1.29 is 4.74 Å². The van der Waals surface area contributed by atoms with E-state index >= 15 is 0 Å². The number of halogens is 1. The van der Waals surface area contributed by atoms with Gasteiger partial charge in [-0.15, -0.1) is 5.10 Å². The van der Waals surface area contributed by atoms with Crippen molar-refractivity contribution in [1.82, 2.24) is 24.1 Å². The lowest BCUT2D eigenvalue weighted by molar-refractivity contribution is 0.415. The maximum absolute atomic E-state index is 6.01. The summed E-state index contributed by atoms with van der Waals surface area (Å²) in [5.41, 5.74) is 5.82. The van der Waals surface area contributed by atoms with Crippen LogP contribution in [-0.2, 0) is 0 Å². The van der Waals surface area contributed by atoms with E-state index in [1.807, 2.05) is 48.5 Å². The quantitative estimate of drug-likeness (QED) is 0.424. The molecule has 0 spiro atoms. The Kier molecular flexibility index (Phi) is 4.03. The number of ether oxygens (including phenoxy) is 1. The van der Waals surface area contributed by atoms with Gasteiger partial charge in [0, 0.05) is 22.0 Å². The zero-order chi connectivity index (χ0) is 20.1. The molecule has 5 aromatic rings. The van der Waals surface area contributed by atoms with Gasteiger partial charge in [0.15, 0.2) is 17.1 Å². The molecule has 0 aliphatic heterocycles. The number of nitrogens with zero attached hydrogens (tertiary/aromatic N) is 5. The van der Waals surface area contributed by atoms with Crippen LogP contribution in [0.3, 0.4) is 0 Å². The highest BCUT2D eigenvalue weighted by Gasteiger charge is 2.19. The van der Waals surface area contributed by atoms with Crippen molar-refractivity contribution in [1.29, 1.82) is 0 Å². The SMILES string of the molecule is COc1ccc(-n2c(C)c(C)c3c2ncn2nc(-c4ccc(Cl)cc4)nc32)cc1. The second kappa shape index (κ2) is 6.60. The first kappa shape index (κ1) is 17.7. The molecule has 144 valence electrons. The summed E-state index contributed by atoms with van der Waals surface area (Å²) >= 11 is 6.01. The first-order valence-corrected chi connectivity index (χ1v) is 9.58. The van der Waals surface area contributed by atoms with E-state index in [2.05, 4.69) is 23.5 Å². The minimum Gasteiger partial charge on any atom is -0.497 e. The van der Waals surface area contributed by atoms with E-state index in [9.17, 15) is 0 Å². The molecular weight excluding hydrogens is 386 g/mol. The molecule has 6 nitrogen and oxygen atoms in total. The van der Waals surface area contributed by atoms with Gasteiger partial charge in [-0.25, -0.2) is 14.5 Å². The van der Waals surface area contributed by atoms with Crippen LogP contribution in [0.4, 0.5) is 0 Å². The van der Waals surface area contributed by atoms with Crippen LogP contribution >= 0.6 is 11.6 Å². The first-order valence-electron chi connectivity index (χ1n) is 9.20. The number of aryl methyl sites for hydroxylation is 1. The lowest BCUT2D eigenvalue weighted by Crippen LogP contribution is -1.99. The monoisotopic (exact) mass is 403 g/mol. The number of hydrogen-bond donors (Lipinski definition) is 0. The highest BCUT2D eigenvalue weighted by atomic mass is 35.5. The molecule has 2 aromatic carbocycles. The van der Waals surface area contributed by atoms with Gasteiger partial charge in [-0.1, -0.05) is 11.6 Å². The van der Waals surface area contributed by atoms with Crippen molar-refractivity contribution in [3.63, 3.8) is 0 Å². The Hall–Kier alpha value is -3.38. The molecule has 0 radical (unpaired) electrons. The Bertz CT molecular complexity index is 1350. The second-order valence-corrected chi connectivity index (χ2v) is 7.33. The van der Waals surface area contributed by atoms with E-state index in [4.69, 9.17) is 26.3 Å². The Morgan fingerprint density at radius 1 is 0.931 bits per heavy atom. The van der Waals surface area contributed by atoms with Crippen molar-refractivity contribution in [2.75, 3.05) is 7.11 Å². The topological polar surface area (TPSA) is 57.2 Å². The molecule has 0 saturated heterocycles. The minimum atomic E-state index is 0.644. The largest absolute Gasteiger partial charge is 0.497 e. The average Bonchev–Trinajstić information content (AvgIpc) is 3.28. The summed E-state index contributed by atoms with van der Waals surface area (Å²) in [5, 5.41) is 6.29. The standard InChI is InChI=1S/C22H18ClN5O/c1-13-14(2)28(17-8-10-18(29-3)11-9-17)21-19(13)22-25-20(26-27(22)12-24-21)15-4-6-16(23)7-5-15/h4-12H,1-3H3. The molecular formula is C22H18ClN5O. The highest BCUT2D eigenvalue weighted by Crippen LogP contribution is 2.31. The van der Waals surface area contributed by atoms with Crippen molar-refractivity contribution in [3.8, 4) is 22.8 Å². The third-order valence-corrected chi connectivity index (χ3v) is 5.52. The summed E-state index contributed by atoms with van der Waals surface area (Å²) < 4.78 is 9.16. The van der Waals surface area contributed by atoms with Gasteiger partial charge in [-0.3, -0.25) is 4.57 Å². The van der Waals surface area contributed by atoms with E-state index in [-0.39, 0.29) is 0 Å². The molecule has 3 aromatic heterocycles. The molecule has 0 unspecified atom stereocenters. The summed E-state index contributed by atoms with van der Waals surface area (Å²) in [6, 6.07) is 15.5. The van der Waals surface area contributed by atoms with Crippen LogP contribution < -0.4 is 4.74 Å². The molecule has 0 bridgehead atoms. The van der Waals surface area contributed by atoms with E-state index in [0.717, 1.165) is 44.9 Å². The maximum Gasteiger partial charge on any atom is 0.182 e. The molecule has 5 rings (SSSR count). The number of fused-ring (bicyclic) bond motifs is 3. The van der Waals surface area contributed by atoms with Gasteiger partial charge in [-0.05, 0) is 67.9 Å². The summed E-state index contributed by atoms with van der Waals surface area (Å²) in [6.45, 7) is 4.18. The number of rotatable bonds is 3. The van der Waals surface area contributed by atoms with Gasteiger partial charge in [0.25, 0.3) is 0 Å². The Labute approximate surface area is 172 Å². The molecule has 0 aliphatic carbocycles.